The Bertz CT molecular complexity index is 1200. The van der Waals surface area contributed by atoms with Crippen molar-refractivity contribution in [2.75, 3.05) is 38.7 Å². The van der Waals surface area contributed by atoms with Gasteiger partial charge < -0.3 is 15.8 Å². The molecule has 2 aromatic carbocycles. The number of anilines is 2. The molecule has 1 saturated heterocycles. The van der Waals surface area contributed by atoms with E-state index in [2.05, 4.69) is 43.2 Å². The third-order valence-corrected chi connectivity index (χ3v) is 5.29. The average molecular weight is 427 g/mol. The number of aliphatic imine (C=N–C) groups is 1. The topological polar surface area (TPSA) is 88.7 Å². The highest BCUT2D eigenvalue weighted by Crippen LogP contribution is 2.24. The fraction of sp³-hybridized carbons (Fsp3) is 0.240. The van der Waals surface area contributed by atoms with Crippen LogP contribution in [0.25, 0.3) is 16.5 Å². The predicted molar refractivity (Wildman–Crippen MR) is 130 cm³/mol. The van der Waals surface area contributed by atoms with Crippen LogP contribution in [0.2, 0.25) is 0 Å². The molecule has 0 atom stereocenters. The van der Waals surface area contributed by atoms with Crippen molar-refractivity contribution in [1.29, 1.82) is 0 Å². The molecule has 1 fully saturated rings. The lowest BCUT2D eigenvalue weighted by Gasteiger charge is -2.27. The Morgan fingerprint density at radius 2 is 2.12 bits per heavy atom. The fourth-order valence-electron chi connectivity index (χ4n) is 3.70. The second-order valence-electron chi connectivity index (χ2n) is 7.55. The molecule has 7 nitrogen and oxygen atoms in total. The molecule has 3 N–H and O–H groups in total. The lowest BCUT2D eigenvalue weighted by Crippen LogP contribution is -2.35. The Labute approximate surface area is 188 Å². The van der Waals surface area contributed by atoms with Crippen LogP contribution >= 0.6 is 0 Å². The van der Waals surface area contributed by atoms with Gasteiger partial charge in [0.1, 0.15) is 0 Å². The van der Waals surface area contributed by atoms with E-state index in [1.807, 2.05) is 24.3 Å². The summed E-state index contributed by atoms with van der Waals surface area (Å²) in [7, 11) is 1.73. The standard InChI is InChI=1S/C25H26N6O/c1-3-18-4-5-24-21(10-18)16-28-25(30-24)29-23-12-19(17-31-6-8-32-9-7-31)11-20(13-23)22(14-26)15-27-2/h1,4-5,10-16H,6-9,17,26H2,2H3,(H,28,29,30). The number of aromatic nitrogens is 2. The lowest BCUT2D eigenvalue weighted by molar-refractivity contribution is 0.0342. The fourth-order valence-corrected chi connectivity index (χ4v) is 3.70. The number of terminal acetylenes is 1. The summed E-state index contributed by atoms with van der Waals surface area (Å²) in [4.78, 5) is 15.6. The molecule has 1 aliphatic heterocycles. The number of benzene rings is 2. The number of rotatable bonds is 6. The Hall–Kier alpha value is -3.73. The van der Waals surface area contributed by atoms with Crippen molar-refractivity contribution in [3.8, 4) is 12.3 Å². The molecule has 1 aromatic heterocycles. The highest BCUT2D eigenvalue weighted by atomic mass is 16.5. The minimum Gasteiger partial charge on any atom is -0.404 e. The minimum atomic E-state index is 0.517. The van der Waals surface area contributed by atoms with E-state index < -0.39 is 0 Å². The number of allylic oxidation sites excluding steroid dienone is 1. The molecule has 0 unspecified atom stereocenters. The van der Waals surface area contributed by atoms with E-state index in [0.29, 0.717) is 5.95 Å². The van der Waals surface area contributed by atoms with Gasteiger partial charge in [0, 0.05) is 67.5 Å². The maximum Gasteiger partial charge on any atom is 0.227 e. The second kappa shape index (κ2) is 10.1. The molecule has 162 valence electrons. The van der Waals surface area contributed by atoms with Crippen molar-refractivity contribution in [2.45, 2.75) is 6.54 Å². The molecular formula is C25H26N6O. The zero-order chi connectivity index (χ0) is 22.3. The van der Waals surface area contributed by atoms with Gasteiger partial charge in [-0.2, -0.15) is 0 Å². The predicted octanol–water partition coefficient (Wildman–Crippen LogP) is 3.19. The summed E-state index contributed by atoms with van der Waals surface area (Å²) in [5, 5.41) is 4.25. The van der Waals surface area contributed by atoms with Crippen LogP contribution in [-0.2, 0) is 11.3 Å². The molecule has 32 heavy (non-hydrogen) atoms. The van der Waals surface area contributed by atoms with Crippen LogP contribution in [0.4, 0.5) is 11.6 Å². The number of morpholine rings is 1. The van der Waals surface area contributed by atoms with E-state index in [-0.39, 0.29) is 0 Å². The molecule has 2 heterocycles. The summed E-state index contributed by atoms with van der Waals surface area (Å²) in [5.74, 6) is 3.15. The van der Waals surface area contributed by atoms with Gasteiger partial charge in [0.25, 0.3) is 0 Å². The van der Waals surface area contributed by atoms with E-state index in [1.54, 1.807) is 25.7 Å². The zero-order valence-electron chi connectivity index (χ0n) is 18.1. The van der Waals surface area contributed by atoms with Crippen LogP contribution in [0.1, 0.15) is 16.7 Å². The van der Waals surface area contributed by atoms with Gasteiger partial charge in [0.15, 0.2) is 0 Å². The van der Waals surface area contributed by atoms with Crippen LogP contribution < -0.4 is 11.1 Å². The average Bonchev–Trinajstić information content (AvgIpc) is 2.82. The van der Waals surface area contributed by atoms with E-state index in [1.165, 1.54) is 0 Å². The second-order valence-corrected chi connectivity index (χ2v) is 7.55. The van der Waals surface area contributed by atoms with E-state index in [4.69, 9.17) is 16.9 Å². The molecule has 0 radical (unpaired) electrons. The molecule has 0 spiro atoms. The molecule has 0 bridgehead atoms. The number of nitrogens with zero attached hydrogens (tertiary/aromatic N) is 4. The number of nitrogens with two attached hydrogens (primary N) is 1. The lowest BCUT2D eigenvalue weighted by atomic mass is 10.0. The maximum atomic E-state index is 5.87. The van der Waals surface area contributed by atoms with E-state index in [0.717, 1.165) is 71.7 Å². The molecule has 7 heteroatoms. The van der Waals surface area contributed by atoms with Crippen molar-refractivity contribution in [3.05, 3.63) is 65.5 Å². The Balaban J connectivity index is 1.66. The van der Waals surface area contributed by atoms with Crippen LogP contribution in [-0.4, -0.2) is 54.4 Å². The number of ether oxygens (including phenoxy) is 1. The van der Waals surface area contributed by atoms with Crippen molar-refractivity contribution in [2.24, 2.45) is 10.7 Å². The number of hydrogen-bond acceptors (Lipinski definition) is 7. The molecule has 0 amide bonds. The highest BCUT2D eigenvalue weighted by Gasteiger charge is 2.13. The summed E-state index contributed by atoms with van der Waals surface area (Å²) in [5.41, 5.74) is 11.4. The van der Waals surface area contributed by atoms with Crippen LogP contribution in [0.3, 0.4) is 0 Å². The zero-order valence-corrected chi connectivity index (χ0v) is 18.1. The van der Waals surface area contributed by atoms with Crippen LogP contribution in [0.15, 0.2) is 53.8 Å². The summed E-state index contributed by atoms with van der Waals surface area (Å²) >= 11 is 0. The van der Waals surface area contributed by atoms with Gasteiger partial charge in [-0.15, -0.1) is 6.42 Å². The molecule has 4 rings (SSSR count). The monoisotopic (exact) mass is 426 g/mol. The highest BCUT2D eigenvalue weighted by molar-refractivity contribution is 6.09. The van der Waals surface area contributed by atoms with Gasteiger partial charge in [-0.25, -0.2) is 9.97 Å². The molecule has 0 saturated carbocycles. The SMILES string of the molecule is C#Cc1ccc2nc(Nc3cc(CN4CCOCC4)cc(C(C=NC)=CN)c3)ncc2c1. The van der Waals surface area contributed by atoms with Crippen LogP contribution in [0.5, 0.6) is 0 Å². The minimum absolute atomic E-state index is 0.517. The molecule has 0 aliphatic carbocycles. The number of fused-ring (bicyclic) bond motifs is 1. The summed E-state index contributed by atoms with van der Waals surface area (Å²) in [6.45, 7) is 4.16. The van der Waals surface area contributed by atoms with Crippen molar-refractivity contribution in [3.63, 3.8) is 0 Å². The normalized spacial score (nSPS) is 15.2. The third kappa shape index (κ3) is 5.11. The Kier molecular flexibility index (Phi) is 6.75. The Morgan fingerprint density at radius 1 is 1.28 bits per heavy atom. The first kappa shape index (κ1) is 21.5. The van der Waals surface area contributed by atoms with Crippen molar-refractivity contribution >= 4 is 34.3 Å². The maximum absolute atomic E-state index is 5.87. The van der Waals surface area contributed by atoms with Crippen molar-refractivity contribution < 1.29 is 4.74 Å². The first-order valence-electron chi connectivity index (χ1n) is 10.5. The van der Waals surface area contributed by atoms with Gasteiger partial charge in [0.05, 0.1) is 18.7 Å². The van der Waals surface area contributed by atoms with Gasteiger partial charge in [-0.1, -0.05) is 5.92 Å². The van der Waals surface area contributed by atoms with Gasteiger partial charge in [0.2, 0.25) is 5.95 Å². The third-order valence-electron chi connectivity index (χ3n) is 5.29. The molecule has 3 aromatic rings. The van der Waals surface area contributed by atoms with Gasteiger partial charge in [-0.05, 0) is 47.5 Å². The quantitative estimate of drug-likeness (QED) is 0.465. The molecular weight excluding hydrogens is 400 g/mol. The van der Waals surface area contributed by atoms with E-state index in [9.17, 15) is 0 Å². The first-order chi connectivity index (χ1) is 15.7. The van der Waals surface area contributed by atoms with Gasteiger partial charge >= 0.3 is 0 Å². The van der Waals surface area contributed by atoms with Gasteiger partial charge in [-0.3, -0.25) is 9.89 Å². The van der Waals surface area contributed by atoms with E-state index >= 15 is 0 Å². The van der Waals surface area contributed by atoms with Crippen molar-refractivity contribution in [1.82, 2.24) is 14.9 Å². The summed E-state index contributed by atoms with van der Waals surface area (Å²) in [6, 6.07) is 12.0. The summed E-state index contributed by atoms with van der Waals surface area (Å²) < 4.78 is 5.48. The number of nitrogens with one attached hydrogen (secondary N) is 1. The first-order valence-corrected chi connectivity index (χ1v) is 10.5. The summed E-state index contributed by atoms with van der Waals surface area (Å²) in [6.07, 6.45) is 10.6. The Morgan fingerprint density at radius 3 is 2.88 bits per heavy atom. The number of hydrogen-bond donors (Lipinski definition) is 2. The van der Waals surface area contributed by atoms with Crippen LogP contribution in [0, 0.1) is 12.3 Å². The largest absolute Gasteiger partial charge is 0.404 e. The molecule has 1 aliphatic rings. The smallest absolute Gasteiger partial charge is 0.227 e.